The molecule has 0 aromatic heterocycles. The van der Waals surface area contributed by atoms with Crippen LogP contribution in [-0.4, -0.2) is 0 Å². The summed E-state index contributed by atoms with van der Waals surface area (Å²) >= 11 is 0. The van der Waals surface area contributed by atoms with Gasteiger partial charge in [0.05, 0.1) is 0 Å². The molecule has 1 aliphatic rings. The highest BCUT2D eigenvalue weighted by Gasteiger charge is 2.37. The molecule has 0 N–H and O–H groups in total. The lowest BCUT2D eigenvalue weighted by Crippen LogP contribution is -2.16. The van der Waals surface area contributed by atoms with Gasteiger partial charge in [0, 0.05) is 11.3 Å². The van der Waals surface area contributed by atoms with E-state index in [1.807, 2.05) is 0 Å². The quantitative estimate of drug-likeness (QED) is 0.125. The molecule has 0 saturated heterocycles. The standard InChI is InChI=1S/C56H56/c1-53(2,3)41-22-14-34(15-23-41)50(35-16-24-42(25-17-35)54(4,5)6)40-20-28-46-45-27-19-37(32-48(45)56(10,11)49(46)33-40)44-26-18-36-12-13-38-30-43(55(7,8)9)31-39-21-29-47(44)52(36)51(38)39/h12-33,50H,1-11H3. The smallest absolute Gasteiger partial charge is 0.0340 e. The van der Waals surface area contributed by atoms with E-state index < -0.39 is 0 Å². The molecule has 8 aromatic rings. The summed E-state index contributed by atoms with van der Waals surface area (Å²) in [4.78, 5) is 0. The van der Waals surface area contributed by atoms with Gasteiger partial charge in [0.2, 0.25) is 0 Å². The summed E-state index contributed by atoms with van der Waals surface area (Å²) < 4.78 is 0. The summed E-state index contributed by atoms with van der Waals surface area (Å²) in [5.41, 5.74) is 16.4. The number of benzene rings is 8. The first kappa shape index (κ1) is 36.4. The van der Waals surface area contributed by atoms with E-state index in [9.17, 15) is 0 Å². The Morgan fingerprint density at radius 1 is 0.375 bits per heavy atom. The molecule has 9 rings (SSSR count). The monoisotopic (exact) mass is 728 g/mol. The summed E-state index contributed by atoms with van der Waals surface area (Å²) in [6.07, 6.45) is 0. The van der Waals surface area contributed by atoms with E-state index in [-0.39, 0.29) is 27.6 Å². The predicted octanol–water partition coefficient (Wildman–Crippen LogP) is 15.6. The molecule has 0 saturated carbocycles. The molecule has 0 atom stereocenters. The van der Waals surface area contributed by atoms with Crippen LogP contribution in [0.15, 0.2) is 133 Å². The summed E-state index contributed by atoms with van der Waals surface area (Å²) in [6.45, 7) is 25.5. The molecule has 0 heterocycles. The van der Waals surface area contributed by atoms with E-state index in [1.54, 1.807) is 0 Å². The molecule has 0 nitrogen and oxygen atoms in total. The number of fused-ring (bicyclic) bond motifs is 3. The van der Waals surface area contributed by atoms with Crippen molar-refractivity contribution >= 4 is 32.3 Å². The third-order valence-corrected chi connectivity index (χ3v) is 13.0. The molecule has 0 spiro atoms. The fourth-order valence-electron chi connectivity index (χ4n) is 9.53. The molecule has 280 valence electrons. The molecule has 0 radical (unpaired) electrons. The van der Waals surface area contributed by atoms with Gasteiger partial charge in [-0.25, -0.2) is 0 Å². The molecular formula is C56H56. The fourth-order valence-corrected chi connectivity index (χ4v) is 9.53. The first-order valence-electron chi connectivity index (χ1n) is 20.6. The highest BCUT2D eigenvalue weighted by Crippen LogP contribution is 2.52. The van der Waals surface area contributed by atoms with Crippen LogP contribution in [0.2, 0.25) is 0 Å². The van der Waals surface area contributed by atoms with Gasteiger partial charge >= 0.3 is 0 Å². The van der Waals surface area contributed by atoms with E-state index in [0.717, 1.165) is 0 Å². The van der Waals surface area contributed by atoms with Crippen molar-refractivity contribution in [1.82, 2.24) is 0 Å². The fraction of sp³-hybridized carbons (Fsp3) is 0.286. The van der Waals surface area contributed by atoms with Crippen molar-refractivity contribution in [2.24, 2.45) is 0 Å². The van der Waals surface area contributed by atoms with Crippen LogP contribution < -0.4 is 0 Å². The van der Waals surface area contributed by atoms with Gasteiger partial charge < -0.3 is 0 Å². The lowest BCUT2D eigenvalue weighted by atomic mass is 9.77. The molecule has 8 aromatic carbocycles. The Balaban J connectivity index is 1.14. The minimum Gasteiger partial charge on any atom is -0.0582 e. The zero-order chi connectivity index (χ0) is 39.5. The van der Waals surface area contributed by atoms with E-state index in [2.05, 4.69) is 210 Å². The zero-order valence-electron chi connectivity index (χ0n) is 35.3. The Kier molecular flexibility index (Phi) is 8.07. The highest BCUT2D eigenvalue weighted by atomic mass is 14.4. The minimum absolute atomic E-state index is 0.0987. The van der Waals surface area contributed by atoms with Crippen molar-refractivity contribution in [1.29, 1.82) is 0 Å². The van der Waals surface area contributed by atoms with Crippen molar-refractivity contribution in [2.75, 3.05) is 0 Å². The Bertz CT molecular complexity index is 2710. The summed E-state index contributed by atoms with van der Waals surface area (Å²) in [6, 6.07) is 52.2. The topological polar surface area (TPSA) is 0 Å². The van der Waals surface area contributed by atoms with Gasteiger partial charge in [-0.3, -0.25) is 0 Å². The predicted molar refractivity (Wildman–Crippen MR) is 243 cm³/mol. The SMILES string of the molecule is CC(C)(C)c1ccc(C(c2ccc(C(C)(C)C)cc2)c2ccc3c(c2)C(C)(C)c2cc(-c4ccc5ccc6cc(C(C)(C)C)cc7ccc4c5c67)ccc2-3)cc1. The molecule has 0 amide bonds. The number of hydrogen-bond acceptors (Lipinski definition) is 0. The Morgan fingerprint density at radius 3 is 1.38 bits per heavy atom. The molecule has 0 aliphatic heterocycles. The third-order valence-electron chi connectivity index (χ3n) is 13.0. The van der Waals surface area contributed by atoms with Crippen LogP contribution in [0.4, 0.5) is 0 Å². The van der Waals surface area contributed by atoms with Crippen LogP contribution in [0.3, 0.4) is 0 Å². The van der Waals surface area contributed by atoms with Gasteiger partial charge in [0.25, 0.3) is 0 Å². The van der Waals surface area contributed by atoms with Gasteiger partial charge in [0.15, 0.2) is 0 Å². The Hall–Kier alpha value is -5.20. The van der Waals surface area contributed by atoms with E-state index in [1.165, 1.54) is 99.1 Å². The number of rotatable bonds is 4. The molecule has 1 aliphatic carbocycles. The second kappa shape index (κ2) is 12.4. The molecule has 56 heavy (non-hydrogen) atoms. The number of hydrogen-bond donors (Lipinski definition) is 0. The Labute approximate surface area is 335 Å². The van der Waals surface area contributed by atoms with Gasteiger partial charge in [0.1, 0.15) is 0 Å². The first-order valence-corrected chi connectivity index (χ1v) is 20.6. The third kappa shape index (κ3) is 5.87. The van der Waals surface area contributed by atoms with Crippen molar-refractivity contribution in [3.8, 4) is 22.3 Å². The second-order valence-electron chi connectivity index (χ2n) is 20.3. The summed E-state index contributed by atoms with van der Waals surface area (Å²) in [7, 11) is 0. The average molecular weight is 729 g/mol. The maximum absolute atomic E-state index is 2.52. The molecule has 0 unspecified atom stereocenters. The van der Waals surface area contributed by atoms with Crippen molar-refractivity contribution in [2.45, 2.75) is 104 Å². The minimum atomic E-state index is -0.152. The first-order chi connectivity index (χ1) is 26.4. The maximum Gasteiger partial charge on any atom is 0.0340 e. The van der Waals surface area contributed by atoms with Gasteiger partial charge in [-0.1, -0.05) is 204 Å². The maximum atomic E-state index is 2.52. The highest BCUT2D eigenvalue weighted by molar-refractivity contribution is 6.25. The van der Waals surface area contributed by atoms with Crippen LogP contribution in [0.25, 0.3) is 54.6 Å². The van der Waals surface area contributed by atoms with Gasteiger partial charge in [-0.05, 0) is 121 Å². The van der Waals surface area contributed by atoms with Crippen molar-refractivity contribution < 1.29 is 0 Å². The van der Waals surface area contributed by atoms with Crippen LogP contribution in [0, 0.1) is 0 Å². The van der Waals surface area contributed by atoms with Crippen LogP contribution in [0.1, 0.15) is 127 Å². The Morgan fingerprint density at radius 2 is 0.821 bits per heavy atom. The normalized spacial score (nSPS) is 14.3. The summed E-state index contributed by atoms with van der Waals surface area (Å²) in [5.74, 6) is 0.134. The lowest BCUT2D eigenvalue weighted by Gasteiger charge is -2.26. The van der Waals surface area contributed by atoms with Gasteiger partial charge in [-0.2, -0.15) is 0 Å². The lowest BCUT2D eigenvalue weighted by molar-refractivity contribution is 0.589. The average Bonchev–Trinajstić information content (AvgIpc) is 3.38. The van der Waals surface area contributed by atoms with Crippen LogP contribution in [-0.2, 0) is 21.7 Å². The molecule has 0 fully saturated rings. The van der Waals surface area contributed by atoms with Gasteiger partial charge in [-0.15, -0.1) is 0 Å². The van der Waals surface area contributed by atoms with E-state index in [4.69, 9.17) is 0 Å². The largest absolute Gasteiger partial charge is 0.0582 e. The van der Waals surface area contributed by atoms with Crippen LogP contribution in [0.5, 0.6) is 0 Å². The summed E-state index contributed by atoms with van der Waals surface area (Å²) in [5, 5.41) is 8.06. The second-order valence-corrected chi connectivity index (χ2v) is 20.3. The van der Waals surface area contributed by atoms with E-state index >= 15 is 0 Å². The van der Waals surface area contributed by atoms with E-state index in [0.29, 0.717) is 0 Å². The van der Waals surface area contributed by atoms with Crippen LogP contribution >= 0.6 is 0 Å². The molecule has 0 bridgehead atoms. The van der Waals surface area contributed by atoms with Crippen molar-refractivity contribution in [3.63, 3.8) is 0 Å². The molecule has 0 heteroatoms. The van der Waals surface area contributed by atoms with Crippen molar-refractivity contribution in [3.05, 3.63) is 178 Å². The zero-order valence-corrected chi connectivity index (χ0v) is 35.3. The molecular weight excluding hydrogens is 673 g/mol.